The van der Waals surface area contributed by atoms with Crippen LogP contribution in [0, 0.1) is 5.92 Å². The number of allylic oxidation sites excluding steroid dienone is 3. The normalized spacial score (nSPS) is 15.7. The maximum atomic E-state index is 2.49. The third-order valence-electron chi connectivity index (χ3n) is 11.2. The van der Waals surface area contributed by atoms with Gasteiger partial charge in [0.05, 0.1) is 5.41 Å². The van der Waals surface area contributed by atoms with E-state index in [9.17, 15) is 0 Å². The van der Waals surface area contributed by atoms with Crippen LogP contribution >= 0.6 is 0 Å². The lowest BCUT2D eigenvalue weighted by Gasteiger charge is -2.33. The zero-order valence-electron chi connectivity index (χ0n) is 29.2. The van der Waals surface area contributed by atoms with Crippen LogP contribution < -0.4 is 9.80 Å². The van der Waals surface area contributed by atoms with Gasteiger partial charge in [0.2, 0.25) is 0 Å². The molecule has 2 heteroatoms. The molecule has 0 heterocycles. The summed E-state index contributed by atoms with van der Waals surface area (Å²) >= 11 is 0. The van der Waals surface area contributed by atoms with Crippen molar-refractivity contribution in [2.45, 2.75) is 18.8 Å². The minimum Gasteiger partial charge on any atom is -0.311 e. The molecule has 1 unspecified atom stereocenters. The summed E-state index contributed by atoms with van der Waals surface area (Å²) in [5, 5.41) is 0. The van der Waals surface area contributed by atoms with Gasteiger partial charge in [-0.05, 0) is 124 Å². The van der Waals surface area contributed by atoms with Crippen molar-refractivity contribution in [1.29, 1.82) is 0 Å². The second-order valence-electron chi connectivity index (χ2n) is 14.2. The second kappa shape index (κ2) is 12.1. The molecule has 7 aromatic carbocycles. The van der Waals surface area contributed by atoms with Gasteiger partial charge in [-0.1, -0.05) is 134 Å². The highest BCUT2D eigenvalue weighted by Gasteiger charge is 2.52. The van der Waals surface area contributed by atoms with Crippen LogP contribution in [0.4, 0.5) is 28.4 Å². The van der Waals surface area contributed by atoms with Gasteiger partial charge in [0.25, 0.3) is 0 Å². The first-order valence-electron chi connectivity index (χ1n) is 18.3. The number of benzene rings is 7. The van der Waals surface area contributed by atoms with Crippen molar-refractivity contribution in [2.24, 2.45) is 5.92 Å². The fourth-order valence-electron chi connectivity index (χ4n) is 8.90. The molecule has 0 bridgehead atoms. The van der Waals surface area contributed by atoms with E-state index in [0.717, 1.165) is 29.2 Å². The molecule has 0 aromatic heterocycles. The first-order chi connectivity index (χ1) is 25.7. The summed E-state index contributed by atoms with van der Waals surface area (Å²) in [5.41, 5.74) is 17.0. The molecule has 248 valence electrons. The molecule has 7 aromatic rings. The van der Waals surface area contributed by atoms with E-state index in [-0.39, 0.29) is 0 Å². The predicted octanol–water partition coefficient (Wildman–Crippen LogP) is 13.1. The smallest absolute Gasteiger partial charge is 0.0727 e. The molecule has 0 N–H and O–H groups in total. The fourth-order valence-corrected chi connectivity index (χ4v) is 8.90. The predicted molar refractivity (Wildman–Crippen MR) is 217 cm³/mol. The monoisotopic (exact) mass is 666 g/mol. The van der Waals surface area contributed by atoms with Crippen LogP contribution in [0.2, 0.25) is 0 Å². The summed E-state index contributed by atoms with van der Waals surface area (Å²) in [4.78, 5) is 4.82. The minimum absolute atomic E-state index is 0.490. The average Bonchev–Trinajstić information content (AvgIpc) is 3.67. The third kappa shape index (κ3) is 4.57. The van der Waals surface area contributed by atoms with Gasteiger partial charge in [-0.2, -0.15) is 0 Å². The number of nitrogens with zero attached hydrogens (tertiary/aromatic N) is 2. The van der Waals surface area contributed by atoms with E-state index < -0.39 is 5.41 Å². The molecular formula is C50H38N2. The first-order valence-corrected chi connectivity index (χ1v) is 18.3. The van der Waals surface area contributed by atoms with E-state index in [1.54, 1.807) is 0 Å². The van der Waals surface area contributed by atoms with Crippen molar-refractivity contribution in [3.63, 3.8) is 0 Å². The molecule has 1 spiro atoms. The Kier molecular flexibility index (Phi) is 7.11. The summed E-state index contributed by atoms with van der Waals surface area (Å²) < 4.78 is 0. The van der Waals surface area contributed by atoms with Crippen molar-refractivity contribution in [2.75, 3.05) is 9.80 Å². The van der Waals surface area contributed by atoms with Gasteiger partial charge in [-0.25, -0.2) is 0 Å². The SMILES string of the molecule is CC1C=CC(N(c2ccccc2)c2ccc3c(c2)C2(c4ccccc4-c4ccccc42)c2cc(N(c4ccccc4)c4ccccc4)ccc2-3)=CC1. The highest BCUT2D eigenvalue weighted by atomic mass is 15.2. The highest BCUT2D eigenvalue weighted by molar-refractivity contribution is 5.97. The van der Waals surface area contributed by atoms with Gasteiger partial charge in [0.1, 0.15) is 0 Å². The summed E-state index contributed by atoms with van der Waals surface area (Å²) in [6, 6.07) is 64.7. The largest absolute Gasteiger partial charge is 0.311 e. The van der Waals surface area contributed by atoms with E-state index in [4.69, 9.17) is 0 Å². The molecule has 52 heavy (non-hydrogen) atoms. The van der Waals surface area contributed by atoms with E-state index in [0.29, 0.717) is 5.92 Å². The Morgan fingerprint density at radius 2 is 0.846 bits per heavy atom. The van der Waals surface area contributed by atoms with Gasteiger partial charge in [0, 0.05) is 34.1 Å². The standard InChI is InChI=1S/C50H38N2/c1-35-25-27-39(28-26-35)52(38-19-9-4-10-20-38)41-30-32-45-44-31-29-40(51(36-15-5-2-6-16-36)37-17-7-3-8-18-37)33-48(44)50(49(45)34-41)46-23-13-11-21-42(46)43-22-12-14-24-47(43)50/h2-25,27-35H,26H2,1H3. The van der Waals surface area contributed by atoms with Crippen LogP contribution in [-0.2, 0) is 5.41 Å². The van der Waals surface area contributed by atoms with E-state index in [2.05, 4.69) is 211 Å². The molecule has 0 saturated carbocycles. The molecule has 3 aliphatic rings. The van der Waals surface area contributed by atoms with E-state index in [1.165, 1.54) is 55.9 Å². The van der Waals surface area contributed by atoms with Crippen LogP contribution in [0.3, 0.4) is 0 Å². The van der Waals surface area contributed by atoms with Crippen LogP contribution in [0.1, 0.15) is 35.6 Å². The fraction of sp³-hybridized carbons (Fsp3) is 0.0800. The average molecular weight is 667 g/mol. The number of fused-ring (bicyclic) bond motifs is 10. The Morgan fingerprint density at radius 3 is 1.33 bits per heavy atom. The van der Waals surface area contributed by atoms with E-state index in [1.807, 2.05) is 0 Å². The zero-order valence-corrected chi connectivity index (χ0v) is 29.2. The lowest BCUT2D eigenvalue weighted by atomic mass is 9.70. The van der Waals surface area contributed by atoms with Gasteiger partial charge in [-0.3, -0.25) is 0 Å². The number of anilines is 5. The van der Waals surface area contributed by atoms with Crippen molar-refractivity contribution in [1.82, 2.24) is 0 Å². The zero-order chi connectivity index (χ0) is 34.6. The van der Waals surface area contributed by atoms with Gasteiger partial charge in [-0.15, -0.1) is 0 Å². The van der Waals surface area contributed by atoms with E-state index >= 15 is 0 Å². The highest BCUT2D eigenvalue weighted by Crippen LogP contribution is 2.64. The van der Waals surface area contributed by atoms with Crippen molar-refractivity contribution in [3.8, 4) is 22.3 Å². The Hall–Kier alpha value is -6.38. The third-order valence-corrected chi connectivity index (χ3v) is 11.2. The number of rotatable bonds is 6. The van der Waals surface area contributed by atoms with Crippen molar-refractivity contribution < 1.29 is 0 Å². The molecule has 0 fully saturated rings. The van der Waals surface area contributed by atoms with Crippen molar-refractivity contribution in [3.05, 3.63) is 222 Å². The molecule has 0 aliphatic heterocycles. The number of para-hydroxylation sites is 3. The Labute approximate surface area is 306 Å². The molecule has 3 aliphatic carbocycles. The summed E-state index contributed by atoms with van der Waals surface area (Å²) in [5.74, 6) is 0.534. The molecule has 2 nitrogen and oxygen atoms in total. The molecular weight excluding hydrogens is 629 g/mol. The molecule has 0 radical (unpaired) electrons. The number of hydrogen-bond donors (Lipinski definition) is 0. The van der Waals surface area contributed by atoms with Crippen molar-refractivity contribution >= 4 is 28.4 Å². The Balaban J connectivity index is 1.25. The van der Waals surface area contributed by atoms with Gasteiger partial charge >= 0.3 is 0 Å². The molecule has 10 rings (SSSR count). The lowest BCUT2D eigenvalue weighted by Crippen LogP contribution is -2.27. The summed E-state index contributed by atoms with van der Waals surface area (Å²) in [6.45, 7) is 2.28. The molecule has 0 amide bonds. The second-order valence-corrected chi connectivity index (χ2v) is 14.2. The Bertz CT molecular complexity index is 2430. The maximum absolute atomic E-state index is 2.49. The lowest BCUT2D eigenvalue weighted by molar-refractivity contribution is 0.728. The minimum atomic E-state index is -0.490. The van der Waals surface area contributed by atoms with Crippen LogP contribution in [0.15, 0.2) is 200 Å². The molecule has 0 saturated heterocycles. The molecule has 1 atom stereocenters. The number of hydrogen-bond acceptors (Lipinski definition) is 2. The van der Waals surface area contributed by atoms with Crippen LogP contribution in [0.25, 0.3) is 22.3 Å². The topological polar surface area (TPSA) is 6.48 Å². The summed E-state index contributed by atoms with van der Waals surface area (Å²) in [7, 11) is 0. The Morgan fingerprint density at radius 1 is 0.423 bits per heavy atom. The van der Waals surface area contributed by atoms with Crippen LogP contribution in [0.5, 0.6) is 0 Å². The van der Waals surface area contributed by atoms with Gasteiger partial charge < -0.3 is 9.80 Å². The maximum Gasteiger partial charge on any atom is 0.0727 e. The van der Waals surface area contributed by atoms with Crippen LogP contribution in [-0.4, -0.2) is 0 Å². The quantitative estimate of drug-likeness (QED) is 0.174. The van der Waals surface area contributed by atoms with Gasteiger partial charge in [0.15, 0.2) is 0 Å². The summed E-state index contributed by atoms with van der Waals surface area (Å²) in [6.07, 6.45) is 8.06. The first kappa shape index (κ1) is 30.4.